The number of nitrogens with zero attached hydrogens (tertiary/aromatic N) is 1. The lowest BCUT2D eigenvalue weighted by Gasteiger charge is -2.53. The Balaban J connectivity index is 2.08. The monoisotopic (exact) mass is 253 g/mol. The first-order chi connectivity index (χ1) is 8.69. The van der Waals surface area contributed by atoms with Gasteiger partial charge in [0.05, 0.1) is 37.5 Å². The summed E-state index contributed by atoms with van der Waals surface area (Å²) in [4.78, 5) is 1.82. The average molecular weight is 253 g/mol. The van der Waals surface area contributed by atoms with Gasteiger partial charge in [-0.1, -0.05) is 30.3 Å². The van der Waals surface area contributed by atoms with Gasteiger partial charge in [-0.05, 0) is 5.56 Å². The molecule has 0 spiro atoms. The van der Waals surface area contributed by atoms with Crippen molar-refractivity contribution in [3.63, 3.8) is 0 Å². The molecule has 2 rings (SSSR count). The molecule has 0 bridgehead atoms. The summed E-state index contributed by atoms with van der Waals surface area (Å²) in [5.74, 6) is 0. The van der Waals surface area contributed by atoms with Crippen molar-refractivity contribution in [2.24, 2.45) is 0 Å². The summed E-state index contributed by atoms with van der Waals surface area (Å²) in [5, 5.41) is 37.7. The van der Waals surface area contributed by atoms with Crippen molar-refractivity contribution in [1.82, 2.24) is 4.90 Å². The molecule has 1 aliphatic heterocycles. The van der Waals surface area contributed by atoms with Crippen LogP contribution in [-0.4, -0.2) is 62.8 Å². The van der Waals surface area contributed by atoms with Crippen LogP contribution in [0.15, 0.2) is 30.3 Å². The van der Waals surface area contributed by atoms with Crippen LogP contribution in [0.5, 0.6) is 0 Å². The number of rotatable bonds is 5. The molecular formula is C13H19NO4. The minimum absolute atomic E-state index is 0.164. The molecule has 1 aromatic carbocycles. The third-order valence-corrected chi connectivity index (χ3v) is 3.53. The zero-order chi connectivity index (χ0) is 13.1. The standard InChI is InChI=1S/C13H19NO4/c15-7-10-13(18)12(11(17)8-16)14(10)6-9-4-2-1-3-5-9/h1-5,10-13,15-18H,6-8H2. The van der Waals surface area contributed by atoms with E-state index in [4.69, 9.17) is 5.11 Å². The quantitative estimate of drug-likeness (QED) is 0.538. The van der Waals surface area contributed by atoms with Crippen molar-refractivity contribution in [2.75, 3.05) is 13.2 Å². The Morgan fingerprint density at radius 3 is 2.39 bits per heavy atom. The number of hydrogen-bond acceptors (Lipinski definition) is 5. The SMILES string of the molecule is OCC(O)C1C(O)C(CO)N1Cc1ccccc1. The van der Waals surface area contributed by atoms with Gasteiger partial charge in [0.25, 0.3) is 0 Å². The molecule has 100 valence electrons. The largest absolute Gasteiger partial charge is 0.395 e. The molecule has 0 aromatic heterocycles. The Hall–Kier alpha value is -0.980. The molecule has 5 nitrogen and oxygen atoms in total. The molecule has 1 aromatic rings. The van der Waals surface area contributed by atoms with Crippen LogP contribution in [0.3, 0.4) is 0 Å². The highest BCUT2D eigenvalue weighted by Gasteiger charge is 2.50. The van der Waals surface area contributed by atoms with Gasteiger partial charge in [-0.25, -0.2) is 0 Å². The van der Waals surface area contributed by atoms with E-state index in [-0.39, 0.29) is 12.6 Å². The molecule has 4 N–H and O–H groups in total. The van der Waals surface area contributed by atoms with E-state index in [2.05, 4.69) is 0 Å². The molecule has 1 fully saturated rings. The van der Waals surface area contributed by atoms with E-state index in [9.17, 15) is 15.3 Å². The topological polar surface area (TPSA) is 84.2 Å². The number of aliphatic hydroxyl groups is 4. The second-order valence-corrected chi connectivity index (χ2v) is 4.64. The molecule has 1 aliphatic rings. The summed E-state index contributed by atoms with van der Waals surface area (Å²) in [7, 11) is 0. The van der Waals surface area contributed by atoms with Gasteiger partial charge in [-0.15, -0.1) is 0 Å². The summed E-state index contributed by atoms with van der Waals surface area (Å²) in [6.45, 7) is -0.0291. The molecule has 0 saturated carbocycles. The predicted molar refractivity (Wildman–Crippen MR) is 65.7 cm³/mol. The van der Waals surface area contributed by atoms with Crippen LogP contribution in [0.25, 0.3) is 0 Å². The van der Waals surface area contributed by atoms with Gasteiger partial charge in [0.2, 0.25) is 0 Å². The van der Waals surface area contributed by atoms with Crippen LogP contribution in [0.1, 0.15) is 5.56 Å². The third-order valence-electron chi connectivity index (χ3n) is 3.53. The van der Waals surface area contributed by atoms with Crippen LogP contribution in [0.2, 0.25) is 0 Å². The number of benzene rings is 1. The molecule has 1 saturated heterocycles. The van der Waals surface area contributed by atoms with Crippen LogP contribution in [0, 0.1) is 0 Å². The zero-order valence-electron chi connectivity index (χ0n) is 10.1. The Morgan fingerprint density at radius 2 is 1.83 bits per heavy atom. The average Bonchev–Trinajstić information content (AvgIpc) is 2.40. The molecule has 18 heavy (non-hydrogen) atoms. The highest BCUT2D eigenvalue weighted by Crippen LogP contribution is 2.30. The van der Waals surface area contributed by atoms with Crippen molar-refractivity contribution in [3.8, 4) is 0 Å². The number of aliphatic hydroxyl groups excluding tert-OH is 4. The lowest BCUT2D eigenvalue weighted by atomic mass is 9.85. The first-order valence-electron chi connectivity index (χ1n) is 6.06. The maximum absolute atomic E-state index is 9.84. The van der Waals surface area contributed by atoms with Crippen molar-refractivity contribution >= 4 is 0 Å². The minimum atomic E-state index is -0.994. The molecule has 5 heteroatoms. The van der Waals surface area contributed by atoms with Crippen LogP contribution in [-0.2, 0) is 6.54 Å². The molecule has 4 atom stereocenters. The normalized spacial score (nSPS) is 29.9. The van der Waals surface area contributed by atoms with Gasteiger partial charge >= 0.3 is 0 Å². The van der Waals surface area contributed by atoms with E-state index < -0.39 is 24.9 Å². The van der Waals surface area contributed by atoms with Gasteiger partial charge in [-0.2, -0.15) is 0 Å². The highest BCUT2D eigenvalue weighted by molar-refractivity contribution is 5.17. The molecule has 0 radical (unpaired) electrons. The lowest BCUT2D eigenvalue weighted by Crippen LogP contribution is -2.72. The summed E-state index contributed by atoms with van der Waals surface area (Å²) in [5.41, 5.74) is 1.04. The van der Waals surface area contributed by atoms with E-state index >= 15 is 0 Å². The zero-order valence-corrected chi connectivity index (χ0v) is 10.1. The van der Waals surface area contributed by atoms with Gasteiger partial charge in [0.1, 0.15) is 0 Å². The van der Waals surface area contributed by atoms with Crippen molar-refractivity contribution in [2.45, 2.75) is 30.8 Å². The summed E-state index contributed by atoms with van der Waals surface area (Å²) >= 11 is 0. The maximum atomic E-state index is 9.84. The second-order valence-electron chi connectivity index (χ2n) is 4.64. The van der Waals surface area contributed by atoms with Crippen molar-refractivity contribution < 1.29 is 20.4 Å². The number of hydrogen-bond donors (Lipinski definition) is 4. The van der Waals surface area contributed by atoms with Gasteiger partial charge in [-0.3, -0.25) is 4.90 Å². The van der Waals surface area contributed by atoms with Crippen molar-refractivity contribution in [3.05, 3.63) is 35.9 Å². The van der Waals surface area contributed by atoms with E-state index in [0.717, 1.165) is 5.56 Å². The van der Waals surface area contributed by atoms with E-state index in [1.165, 1.54) is 0 Å². The van der Waals surface area contributed by atoms with E-state index in [1.54, 1.807) is 0 Å². The van der Waals surface area contributed by atoms with E-state index in [0.29, 0.717) is 6.54 Å². The molecule has 0 aliphatic carbocycles. The smallest absolute Gasteiger partial charge is 0.0951 e. The fraction of sp³-hybridized carbons (Fsp3) is 0.538. The fourth-order valence-corrected chi connectivity index (χ4v) is 2.53. The van der Waals surface area contributed by atoms with Crippen LogP contribution in [0.4, 0.5) is 0 Å². The van der Waals surface area contributed by atoms with Gasteiger partial charge in [0, 0.05) is 6.54 Å². The van der Waals surface area contributed by atoms with Crippen molar-refractivity contribution in [1.29, 1.82) is 0 Å². The Kier molecular flexibility index (Phi) is 4.31. The molecule has 4 unspecified atom stereocenters. The molecule has 1 heterocycles. The summed E-state index contributed by atoms with van der Waals surface area (Å²) in [6.07, 6.45) is -1.80. The third kappa shape index (κ3) is 2.41. The lowest BCUT2D eigenvalue weighted by molar-refractivity contribution is -0.180. The first kappa shape index (κ1) is 13.5. The molecule has 0 amide bonds. The van der Waals surface area contributed by atoms with Crippen LogP contribution < -0.4 is 0 Å². The first-order valence-corrected chi connectivity index (χ1v) is 6.06. The van der Waals surface area contributed by atoms with E-state index in [1.807, 2.05) is 35.2 Å². The van der Waals surface area contributed by atoms with Crippen LogP contribution >= 0.6 is 0 Å². The Morgan fingerprint density at radius 1 is 1.17 bits per heavy atom. The maximum Gasteiger partial charge on any atom is 0.0951 e. The minimum Gasteiger partial charge on any atom is -0.395 e. The van der Waals surface area contributed by atoms with Gasteiger partial charge in [0.15, 0.2) is 0 Å². The second kappa shape index (κ2) is 5.77. The fourth-order valence-electron chi connectivity index (χ4n) is 2.53. The summed E-state index contributed by atoms with van der Waals surface area (Å²) < 4.78 is 0. The Bertz CT molecular complexity index is 373. The Labute approximate surface area is 106 Å². The number of likely N-dealkylation sites (tertiary alicyclic amines) is 1. The summed E-state index contributed by atoms with van der Waals surface area (Å²) in [6, 6.07) is 8.73. The predicted octanol–water partition coefficient (Wildman–Crippen LogP) is -1.05. The highest BCUT2D eigenvalue weighted by atomic mass is 16.3. The van der Waals surface area contributed by atoms with Gasteiger partial charge < -0.3 is 20.4 Å². The molecular weight excluding hydrogens is 234 g/mol.